The van der Waals surface area contributed by atoms with Crippen LogP contribution in [0.25, 0.3) is 0 Å². The van der Waals surface area contributed by atoms with Gasteiger partial charge < -0.3 is 5.32 Å². The Morgan fingerprint density at radius 2 is 2.15 bits per heavy atom. The minimum Gasteiger partial charge on any atom is -0.317 e. The number of sulfonamides is 1. The lowest BCUT2D eigenvalue weighted by Gasteiger charge is -2.37. The highest BCUT2D eigenvalue weighted by Crippen LogP contribution is 2.27. The molecular formula is C13H24N4O2S. The molecular weight excluding hydrogens is 276 g/mol. The molecule has 1 fully saturated rings. The summed E-state index contributed by atoms with van der Waals surface area (Å²) in [5, 5.41) is 10.1. The van der Waals surface area contributed by atoms with Crippen LogP contribution in [-0.2, 0) is 10.0 Å². The van der Waals surface area contributed by atoms with Crippen LogP contribution in [0.2, 0.25) is 0 Å². The highest BCUT2D eigenvalue weighted by atomic mass is 32.2. The lowest BCUT2D eigenvalue weighted by atomic mass is 9.91. The van der Waals surface area contributed by atoms with Gasteiger partial charge >= 0.3 is 0 Å². The molecule has 0 amide bonds. The quantitative estimate of drug-likeness (QED) is 0.871. The molecule has 1 aromatic rings. The molecule has 2 unspecified atom stereocenters. The van der Waals surface area contributed by atoms with E-state index in [9.17, 15) is 8.42 Å². The molecule has 1 aliphatic rings. The molecule has 1 saturated heterocycles. The average molecular weight is 300 g/mol. The van der Waals surface area contributed by atoms with Crippen molar-refractivity contribution in [1.29, 1.82) is 0 Å². The maximum Gasteiger partial charge on any atom is 0.246 e. The second kappa shape index (κ2) is 5.83. The highest BCUT2D eigenvalue weighted by molar-refractivity contribution is 7.89. The van der Waals surface area contributed by atoms with Gasteiger partial charge in [0, 0.05) is 19.1 Å². The molecule has 0 aromatic carbocycles. The summed E-state index contributed by atoms with van der Waals surface area (Å²) in [6.07, 6.45) is 1.82. The molecule has 114 valence electrons. The Balaban J connectivity index is 2.28. The van der Waals surface area contributed by atoms with Gasteiger partial charge in [-0.3, -0.25) is 5.10 Å². The molecule has 6 nitrogen and oxygen atoms in total. The Morgan fingerprint density at radius 3 is 2.65 bits per heavy atom. The van der Waals surface area contributed by atoms with Crippen LogP contribution >= 0.6 is 0 Å². The van der Waals surface area contributed by atoms with Crippen molar-refractivity contribution < 1.29 is 8.42 Å². The molecule has 0 radical (unpaired) electrons. The predicted octanol–water partition coefficient (Wildman–Crippen LogP) is 1.04. The molecule has 2 atom stereocenters. The Morgan fingerprint density at radius 1 is 1.45 bits per heavy atom. The second-order valence-electron chi connectivity index (χ2n) is 5.48. The van der Waals surface area contributed by atoms with E-state index in [1.165, 1.54) is 0 Å². The van der Waals surface area contributed by atoms with Gasteiger partial charge in [0.05, 0.1) is 11.4 Å². The van der Waals surface area contributed by atoms with Gasteiger partial charge in [0.1, 0.15) is 4.90 Å². The normalized spacial score (nSPS) is 25.0. The zero-order valence-electron chi connectivity index (χ0n) is 12.6. The number of hydrogen-bond acceptors (Lipinski definition) is 4. The summed E-state index contributed by atoms with van der Waals surface area (Å²) < 4.78 is 27.2. The third-order valence-corrected chi connectivity index (χ3v) is 6.38. The Hall–Kier alpha value is -0.920. The van der Waals surface area contributed by atoms with Crippen LogP contribution in [0.5, 0.6) is 0 Å². The molecule has 1 aromatic heterocycles. The fourth-order valence-electron chi connectivity index (χ4n) is 3.06. The summed E-state index contributed by atoms with van der Waals surface area (Å²) >= 11 is 0. The maximum atomic E-state index is 12.8. The van der Waals surface area contributed by atoms with E-state index in [4.69, 9.17) is 0 Å². The summed E-state index contributed by atoms with van der Waals surface area (Å²) in [6, 6.07) is 0.401. The third kappa shape index (κ3) is 2.62. The van der Waals surface area contributed by atoms with Crippen LogP contribution in [-0.4, -0.2) is 49.1 Å². The van der Waals surface area contributed by atoms with E-state index in [1.807, 2.05) is 7.05 Å². The SMILES string of the molecule is CCC1CN(S(=O)(=O)c2c(C)n[nH]c2C)CCC1NC. The van der Waals surface area contributed by atoms with E-state index in [0.29, 0.717) is 41.3 Å². The van der Waals surface area contributed by atoms with Crippen LogP contribution in [0.15, 0.2) is 4.90 Å². The van der Waals surface area contributed by atoms with Gasteiger partial charge in [-0.15, -0.1) is 0 Å². The second-order valence-corrected chi connectivity index (χ2v) is 7.35. The molecule has 0 bridgehead atoms. The summed E-state index contributed by atoms with van der Waals surface area (Å²) in [5.41, 5.74) is 1.16. The molecule has 0 spiro atoms. The zero-order valence-corrected chi connectivity index (χ0v) is 13.4. The van der Waals surface area contributed by atoms with Crippen molar-refractivity contribution in [3.63, 3.8) is 0 Å². The van der Waals surface area contributed by atoms with Gasteiger partial charge in [-0.05, 0) is 33.2 Å². The molecule has 2 N–H and O–H groups in total. The summed E-state index contributed by atoms with van der Waals surface area (Å²) in [6.45, 7) is 6.74. The number of rotatable bonds is 4. The van der Waals surface area contributed by atoms with Crippen LogP contribution in [0, 0.1) is 19.8 Å². The first-order valence-corrected chi connectivity index (χ1v) is 8.54. The summed E-state index contributed by atoms with van der Waals surface area (Å²) in [7, 11) is -1.50. The molecule has 7 heteroatoms. The maximum absolute atomic E-state index is 12.8. The minimum absolute atomic E-state index is 0.343. The fourth-order valence-corrected chi connectivity index (χ4v) is 4.90. The molecule has 2 rings (SSSR count). The highest BCUT2D eigenvalue weighted by Gasteiger charge is 2.36. The first-order chi connectivity index (χ1) is 9.41. The van der Waals surface area contributed by atoms with Crippen LogP contribution in [0.1, 0.15) is 31.2 Å². The number of hydrogen-bond donors (Lipinski definition) is 2. The van der Waals surface area contributed by atoms with Crippen molar-refractivity contribution in [2.45, 2.75) is 44.6 Å². The number of nitrogens with one attached hydrogen (secondary N) is 2. The van der Waals surface area contributed by atoms with E-state index < -0.39 is 10.0 Å². The minimum atomic E-state index is -3.44. The zero-order chi connectivity index (χ0) is 14.9. The smallest absolute Gasteiger partial charge is 0.246 e. The number of aromatic nitrogens is 2. The van der Waals surface area contributed by atoms with Crippen LogP contribution < -0.4 is 5.32 Å². The average Bonchev–Trinajstić information content (AvgIpc) is 2.77. The van der Waals surface area contributed by atoms with Crippen LogP contribution in [0.3, 0.4) is 0 Å². The molecule has 0 saturated carbocycles. The number of aryl methyl sites for hydroxylation is 2. The van der Waals surface area contributed by atoms with Crippen LogP contribution in [0.4, 0.5) is 0 Å². The van der Waals surface area contributed by atoms with Crippen molar-refractivity contribution in [3.8, 4) is 0 Å². The number of aromatic amines is 1. The molecule has 0 aliphatic carbocycles. The summed E-state index contributed by atoms with van der Waals surface area (Å²) in [4.78, 5) is 0.343. The Bertz CT molecular complexity index is 547. The van der Waals surface area contributed by atoms with E-state index in [2.05, 4.69) is 22.4 Å². The lowest BCUT2D eigenvalue weighted by molar-refractivity contribution is 0.209. The van der Waals surface area contributed by atoms with E-state index in [1.54, 1.807) is 18.2 Å². The topological polar surface area (TPSA) is 78.1 Å². The number of piperidine rings is 1. The predicted molar refractivity (Wildman–Crippen MR) is 78.1 cm³/mol. The monoisotopic (exact) mass is 300 g/mol. The van der Waals surface area contributed by atoms with Gasteiger partial charge in [0.2, 0.25) is 10.0 Å². The summed E-state index contributed by atoms with van der Waals surface area (Å²) in [5.74, 6) is 0.357. The number of nitrogens with zero attached hydrogens (tertiary/aromatic N) is 2. The molecule has 2 heterocycles. The largest absolute Gasteiger partial charge is 0.317 e. The fraction of sp³-hybridized carbons (Fsp3) is 0.769. The van der Waals surface area contributed by atoms with Gasteiger partial charge in [0.25, 0.3) is 0 Å². The van der Waals surface area contributed by atoms with Crippen molar-refractivity contribution in [3.05, 3.63) is 11.4 Å². The van der Waals surface area contributed by atoms with Gasteiger partial charge in [-0.25, -0.2) is 8.42 Å². The standard InChI is InChI=1S/C13H24N4O2S/c1-5-11-8-17(7-6-12(11)14-4)20(18,19)13-9(2)15-16-10(13)3/h11-12,14H,5-8H2,1-4H3,(H,15,16). The number of H-pyrrole nitrogens is 1. The lowest BCUT2D eigenvalue weighted by Crippen LogP contribution is -2.50. The van der Waals surface area contributed by atoms with Crippen molar-refractivity contribution >= 4 is 10.0 Å². The molecule has 20 heavy (non-hydrogen) atoms. The van der Waals surface area contributed by atoms with E-state index in [0.717, 1.165) is 12.8 Å². The van der Waals surface area contributed by atoms with Gasteiger partial charge in [-0.2, -0.15) is 9.40 Å². The van der Waals surface area contributed by atoms with Crippen molar-refractivity contribution in [1.82, 2.24) is 19.8 Å². The van der Waals surface area contributed by atoms with Gasteiger partial charge in [0.15, 0.2) is 0 Å². The van der Waals surface area contributed by atoms with E-state index >= 15 is 0 Å². The van der Waals surface area contributed by atoms with Crippen molar-refractivity contribution in [2.75, 3.05) is 20.1 Å². The van der Waals surface area contributed by atoms with Crippen molar-refractivity contribution in [2.24, 2.45) is 5.92 Å². The molecule has 1 aliphatic heterocycles. The van der Waals surface area contributed by atoms with E-state index in [-0.39, 0.29) is 0 Å². The first kappa shape index (κ1) is 15.5. The third-order valence-electron chi connectivity index (χ3n) is 4.25. The first-order valence-electron chi connectivity index (χ1n) is 7.10. The Labute approximate surface area is 121 Å². The Kier molecular flexibility index (Phi) is 4.51. The van der Waals surface area contributed by atoms with Gasteiger partial charge in [-0.1, -0.05) is 13.3 Å².